The van der Waals surface area contributed by atoms with Gasteiger partial charge in [0.2, 0.25) is 0 Å². The van der Waals surface area contributed by atoms with E-state index in [0.29, 0.717) is 18.5 Å². The van der Waals surface area contributed by atoms with Gasteiger partial charge in [0.15, 0.2) is 5.96 Å². The van der Waals surface area contributed by atoms with Crippen molar-refractivity contribution >= 4 is 5.96 Å². The third-order valence-electron chi connectivity index (χ3n) is 3.02. The minimum absolute atomic E-state index is 0.520. The van der Waals surface area contributed by atoms with Gasteiger partial charge in [0.05, 0.1) is 5.69 Å². The number of aromatic nitrogens is 1. The van der Waals surface area contributed by atoms with Gasteiger partial charge in [-0.25, -0.2) is 0 Å². The van der Waals surface area contributed by atoms with Crippen LogP contribution in [0.4, 0.5) is 0 Å². The minimum atomic E-state index is 0.520. The number of hydrogen-bond acceptors (Lipinski definition) is 3. The number of hydrogen-bond donors (Lipinski definition) is 2. The Bertz CT molecular complexity index is 380. The van der Waals surface area contributed by atoms with E-state index in [4.69, 9.17) is 10.3 Å². The molecule has 0 aliphatic heterocycles. The van der Waals surface area contributed by atoms with E-state index < -0.39 is 0 Å². The fraction of sp³-hybridized carbons (Fsp3) is 0.667. The summed E-state index contributed by atoms with van der Waals surface area (Å²) in [7, 11) is 0. The molecule has 0 atom stereocenters. The first-order chi connectivity index (χ1) is 8.24. The SMILES string of the molecule is Cc1cc(CCN=C(N)NC2CCCC2)on1. The van der Waals surface area contributed by atoms with Crippen LogP contribution in [0.1, 0.15) is 37.1 Å². The first-order valence-electron chi connectivity index (χ1n) is 6.22. The zero-order chi connectivity index (χ0) is 12.1. The lowest BCUT2D eigenvalue weighted by Gasteiger charge is -2.11. The van der Waals surface area contributed by atoms with E-state index in [1.165, 1.54) is 25.7 Å². The molecule has 17 heavy (non-hydrogen) atoms. The van der Waals surface area contributed by atoms with Gasteiger partial charge in [-0.2, -0.15) is 0 Å². The average molecular weight is 236 g/mol. The summed E-state index contributed by atoms with van der Waals surface area (Å²) in [6, 6.07) is 2.45. The van der Waals surface area contributed by atoms with Crippen LogP contribution >= 0.6 is 0 Å². The smallest absolute Gasteiger partial charge is 0.188 e. The van der Waals surface area contributed by atoms with Gasteiger partial charge >= 0.3 is 0 Å². The molecule has 0 spiro atoms. The van der Waals surface area contributed by atoms with Crippen molar-refractivity contribution in [2.75, 3.05) is 6.54 Å². The van der Waals surface area contributed by atoms with Crippen LogP contribution in [-0.2, 0) is 6.42 Å². The molecule has 0 saturated heterocycles. The molecule has 3 N–H and O–H groups in total. The van der Waals surface area contributed by atoms with Gasteiger partial charge < -0.3 is 15.6 Å². The Labute approximate surface area is 101 Å². The first kappa shape index (κ1) is 12.0. The summed E-state index contributed by atoms with van der Waals surface area (Å²) in [4.78, 5) is 4.29. The summed E-state index contributed by atoms with van der Waals surface area (Å²) in [5.74, 6) is 1.41. The standard InChI is InChI=1S/C12H20N4O/c1-9-8-11(17-16-9)6-7-14-12(13)15-10-4-2-3-5-10/h8,10H,2-7H2,1H3,(H3,13,14,15). The Morgan fingerprint density at radius 2 is 2.35 bits per heavy atom. The topological polar surface area (TPSA) is 76.4 Å². The lowest BCUT2D eigenvalue weighted by molar-refractivity contribution is 0.381. The maximum absolute atomic E-state index is 5.82. The van der Waals surface area contributed by atoms with E-state index in [2.05, 4.69) is 15.5 Å². The van der Waals surface area contributed by atoms with Crippen LogP contribution in [0.2, 0.25) is 0 Å². The summed E-state index contributed by atoms with van der Waals surface area (Å²) >= 11 is 0. The molecule has 94 valence electrons. The maximum Gasteiger partial charge on any atom is 0.188 e. The zero-order valence-corrected chi connectivity index (χ0v) is 10.3. The fourth-order valence-corrected chi connectivity index (χ4v) is 2.15. The number of nitrogens with two attached hydrogens (primary N) is 1. The minimum Gasteiger partial charge on any atom is -0.370 e. The highest BCUT2D eigenvalue weighted by Gasteiger charge is 2.14. The number of rotatable bonds is 4. The molecule has 0 radical (unpaired) electrons. The molecular weight excluding hydrogens is 216 g/mol. The van der Waals surface area contributed by atoms with Crippen molar-refractivity contribution in [2.24, 2.45) is 10.7 Å². The second-order valence-corrected chi connectivity index (χ2v) is 4.58. The summed E-state index contributed by atoms with van der Waals surface area (Å²) in [5, 5.41) is 7.08. The normalized spacial score (nSPS) is 17.6. The van der Waals surface area contributed by atoms with E-state index in [-0.39, 0.29) is 0 Å². The van der Waals surface area contributed by atoms with E-state index in [1.54, 1.807) is 0 Å². The van der Waals surface area contributed by atoms with Crippen LogP contribution in [0.3, 0.4) is 0 Å². The maximum atomic E-state index is 5.82. The highest BCUT2D eigenvalue weighted by Crippen LogP contribution is 2.17. The van der Waals surface area contributed by atoms with Gasteiger partial charge in [-0.15, -0.1) is 0 Å². The first-order valence-corrected chi connectivity index (χ1v) is 6.22. The molecular formula is C12H20N4O. The van der Waals surface area contributed by atoms with Crippen molar-refractivity contribution in [3.05, 3.63) is 17.5 Å². The van der Waals surface area contributed by atoms with Crippen molar-refractivity contribution in [3.8, 4) is 0 Å². The van der Waals surface area contributed by atoms with Gasteiger partial charge in [-0.05, 0) is 19.8 Å². The van der Waals surface area contributed by atoms with Crippen LogP contribution in [0.25, 0.3) is 0 Å². The molecule has 1 saturated carbocycles. The molecule has 0 unspecified atom stereocenters. The molecule has 1 aromatic heterocycles. The van der Waals surface area contributed by atoms with Crippen molar-refractivity contribution < 1.29 is 4.52 Å². The lowest BCUT2D eigenvalue weighted by atomic mass is 10.2. The summed E-state index contributed by atoms with van der Waals surface area (Å²) in [6.07, 6.45) is 5.74. The Morgan fingerprint density at radius 1 is 1.59 bits per heavy atom. The summed E-state index contributed by atoms with van der Waals surface area (Å²) in [6.45, 7) is 2.55. The Morgan fingerprint density at radius 3 is 3.00 bits per heavy atom. The van der Waals surface area contributed by atoms with E-state index in [0.717, 1.165) is 17.9 Å². The van der Waals surface area contributed by atoms with Crippen LogP contribution in [0, 0.1) is 6.92 Å². The Balaban J connectivity index is 1.72. The Hall–Kier alpha value is -1.52. The number of aliphatic imine (C=N–C) groups is 1. The molecule has 1 heterocycles. The molecule has 0 aromatic carbocycles. The van der Waals surface area contributed by atoms with E-state index in [1.807, 2.05) is 13.0 Å². The number of nitrogens with one attached hydrogen (secondary N) is 1. The predicted octanol–water partition coefficient (Wildman–Crippen LogP) is 1.37. The molecule has 1 aliphatic rings. The molecule has 1 aliphatic carbocycles. The number of nitrogens with zero attached hydrogens (tertiary/aromatic N) is 2. The Kier molecular flexibility index (Phi) is 4.01. The van der Waals surface area contributed by atoms with Gasteiger partial charge in [0.1, 0.15) is 5.76 Å². The quantitative estimate of drug-likeness (QED) is 0.611. The predicted molar refractivity (Wildman–Crippen MR) is 66.8 cm³/mol. The molecule has 2 rings (SSSR count). The van der Waals surface area contributed by atoms with Crippen molar-refractivity contribution in [2.45, 2.75) is 45.1 Å². The van der Waals surface area contributed by atoms with Gasteiger partial charge in [0, 0.05) is 25.1 Å². The second kappa shape index (κ2) is 5.70. The highest BCUT2D eigenvalue weighted by molar-refractivity contribution is 5.78. The molecule has 5 nitrogen and oxygen atoms in total. The van der Waals surface area contributed by atoms with Crippen molar-refractivity contribution in [3.63, 3.8) is 0 Å². The molecule has 0 amide bonds. The fourth-order valence-electron chi connectivity index (χ4n) is 2.15. The lowest BCUT2D eigenvalue weighted by Crippen LogP contribution is -2.38. The van der Waals surface area contributed by atoms with Crippen LogP contribution < -0.4 is 11.1 Å². The molecule has 1 aromatic rings. The monoisotopic (exact) mass is 236 g/mol. The van der Waals surface area contributed by atoms with Crippen molar-refractivity contribution in [1.82, 2.24) is 10.5 Å². The van der Waals surface area contributed by atoms with Gasteiger partial charge in [-0.3, -0.25) is 4.99 Å². The van der Waals surface area contributed by atoms with Crippen molar-refractivity contribution in [1.29, 1.82) is 0 Å². The van der Waals surface area contributed by atoms with Crippen LogP contribution in [0.15, 0.2) is 15.6 Å². The largest absolute Gasteiger partial charge is 0.370 e. The highest BCUT2D eigenvalue weighted by atomic mass is 16.5. The molecule has 0 bridgehead atoms. The number of aryl methyl sites for hydroxylation is 1. The zero-order valence-electron chi connectivity index (χ0n) is 10.3. The van der Waals surface area contributed by atoms with Gasteiger partial charge in [-0.1, -0.05) is 18.0 Å². The van der Waals surface area contributed by atoms with Gasteiger partial charge in [0.25, 0.3) is 0 Å². The summed E-state index contributed by atoms with van der Waals surface area (Å²) < 4.78 is 5.10. The van der Waals surface area contributed by atoms with E-state index in [9.17, 15) is 0 Å². The molecule has 5 heteroatoms. The third kappa shape index (κ3) is 3.76. The molecule has 1 fully saturated rings. The number of guanidine groups is 1. The third-order valence-corrected chi connectivity index (χ3v) is 3.02. The van der Waals surface area contributed by atoms with Crippen LogP contribution in [0.5, 0.6) is 0 Å². The van der Waals surface area contributed by atoms with E-state index >= 15 is 0 Å². The average Bonchev–Trinajstić information content (AvgIpc) is 2.90. The summed E-state index contributed by atoms with van der Waals surface area (Å²) in [5.41, 5.74) is 6.72. The second-order valence-electron chi connectivity index (χ2n) is 4.58. The van der Waals surface area contributed by atoms with Crippen LogP contribution in [-0.4, -0.2) is 23.7 Å².